The van der Waals surface area contributed by atoms with Gasteiger partial charge in [0.05, 0.1) is 22.5 Å². The summed E-state index contributed by atoms with van der Waals surface area (Å²) in [6.07, 6.45) is 9.30. The Morgan fingerprint density at radius 2 is 1.64 bits per heavy atom. The number of rotatable bonds is 7. The van der Waals surface area contributed by atoms with Gasteiger partial charge in [-0.1, -0.05) is 6.92 Å². The van der Waals surface area contributed by atoms with Crippen LogP contribution in [0.5, 0.6) is 0 Å². The van der Waals surface area contributed by atoms with Gasteiger partial charge in [0.1, 0.15) is 5.82 Å². The van der Waals surface area contributed by atoms with Gasteiger partial charge in [-0.2, -0.15) is 0 Å². The molecular formula is C25H36N4O6S. The van der Waals surface area contributed by atoms with Crippen LogP contribution in [0.25, 0.3) is 11.0 Å². The number of nitrogens with one attached hydrogen (secondary N) is 1. The molecule has 4 bridgehead atoms. The first-order valence-corrected chi connectivity index (χ1v) is 14.0. The summed E-state index contributed by atoms with van der Waals surface area (Å²) in [4.78, 5) is 23.4. The molecule has 3 N–H and O–H groups in total. The minimum atomic E-state index is -3.46. The van der Waals surface area contributed by atoms with Gasteiger partial charge in [0.2, 0.25) is 10.0 Å². The Morgan fingerprint density at radius 1 is 1.08 bits per heavy atom. The van der Waals surface area contributed by atoms with Crippen LogP contribution in [0.1, 0.15) is 57.7 Å². The maximum absolute atomic E-state index is 12.6. The quantitative estimate of drug-likeness (QED) is 0.473. The van der Waals surface area contributed by atoms with E-state index in [1.54, 1.807) is 26.2 Å². The Morgan fingerprint density at radius 3 is 2.11 bits per heavy atom. The number of hydrogen-bond acceptors (Lipinski definition) is 6. The zero-order valence-electron chi connectivity index (χ0n) is 21.1. The van der Waals surface area contributed by atoms with E-state index in [1.165, 1.54) is 42.8 Å². The molecule has 0 saturated heterocycles. The zero-order chi connectivity index (χ0) is 26.3. The van der Waals surface area contributed by atoms with Crippen molar-refractivity contribution in [2.75, 3.05) is 14.1 Å². The second-order valence-electron chi connectivity index (χ2n) is 10.8. The lowest BCUT2D eigenvalue weighted by molar-refractivity contribution is -0.159. The van der Waals surface area contributed by atoms with Crippen molar-refractivity contribution in [2.45, 2.75) is 75.4 Å². The van der Waals surface area contributed by atoms with Crippen LogP contribution in [0.15, 0.2) is 23.1 Å². The van der Waals surface area contributed by atoms with Crippen molar-refractivity contribution < 1.29 is 28.2 Å². The fourth-order valence-electron chi connectivity index (χ4n) is 6.73. The normalized spacial score (nSPS) is 26.7. The molecule has 10 nitrogen and oxygen atoms in total. The molecule has 2 aromatic rings. The molecule has 0 radical (unpaired) electrons. The number of fused-ring (bicyclic) bond motifs is 1. The van der Waals surface area contributed by atoms with E-state index in [4.69, 9.17) is 24.8 Å². The number of carboxylic acids is 2. The number of hydrogen-bond donors (Lipinski definition) is 3. The summed E-state index contributed by atoms with van der Waals surface area (Å²) in [6, 6.07) is 5.36. The van der Waals surface area contributed by atoms with Crippen molar-refractivity contribution >= 4 is 33.0 Å². The smallest absolute Gasteiger partial charge is 0.414 e. The van der Waals surface area contributed by atoms with Gasteiger partial charge in [-0.15, -0.1) is 0 Å². The first-order valence-electron chi connectivity index (χ1n) is 12.6. The predicted octanol–water partition coefficient (Wildman–Crippen LogP) is 2.91. The molecule has 198 valence electrons. The molecule has 0 atom stereocenters. The summed E-state index contributed by atoms with van der Waals surface area (Å²) in [7, 11) is -0.328. The Bertz CT molecular complexity index is 1210. The highest BCUT2D eigenvalue weighted by molar-refractivity contribution is 7.89. The molecule has 0 spiro atoms. The fourth-order valence-corrected chi connectivity index (χ4v) is 7.65. The molecule has 0 amide bonds. The standard InChI is InChI=1S/C23H34N4O2S.C2H2O4/c1-4-7-27-21-6-5-19(30(28,29)26(2)3)11-20(21)25-22(27)15-24-23-12-16-8-17(13-23)10-18(9-16)14-23;3-1(4)2(5)6/h5-6,11,16-18,24H,4,7-10,12-15H2,1-3H3;(H,3,4)(H,5,6). The highest BCUT2D eigenvalue weighted by atomic mass is 32.2. The van der Waals surface area contributed by atoms with Gasteiger partial charge in [0.25, 0.3) is 0 Å². The van der Waals surface area contributed by atoms with Gasteiger partial charge in [-0.3, -0.25) is 0 Å². The minimum Gasteiger partial charge on any atom is -0.473 e. The third-order valence-corrected chi connectivity index (χ3v) is 9.68. The summed E-state index contributed by atoms with van der Waals surface area (Å²) in [5.41, 5.74) is 2.09. The third-order valence-electron chi connectivity index (χ3n) is 7.87. The Hall–Kier alpha value is -2.50. The molecular weight excluding hydrogens is 484 g/mol. The lowest BCUT2D eigenvalue weighted by atomic mass is 9.53. The van der Waals surface area contributed by atoms with Gasteiger partial charge in [0, 0.05) is 26.2 Å². The van der Waals surface area contributed by atoms with Crippen LogP contribution < -0.4 is 5.32 Å². The van der Waals surface area contributed by atoms with Crippen molar-refractivity contribution in [3.63, 3.8) is 0 Å². The number of aryl methyl sites for hydroxylation is 1. The van der Waals surface area contributed by atoms with Crippen LogP contribution in [0.3, 0.4) is 0 Å². The number of sulfonamides is 1. The first-order chi connectivity index (χ1) is 16.9. The fraction of sp³-hybridized carbons (Fsp3) is 0.640. The summed E-state index contributed by atoms with van der Waals surface area (Å²) in [5.74, 6) is 0.123. The van der Waals surface area contributed by atoms with Crippen LogP contribution in [0.2, 0.25) is 0 Å². The molecule has 36 heavy (non-hydrogen) atoms. The number of nitrogens with zero attached hydrogens (tertiary/aromatic N) is 3. The molecule has 11 heteroatoms. The van der Waals surface area contributed by atoms with Crippen LogP contribution in [0, 0.1) is 17.8 Å². The maximum Gasteiger partial charge on any atom is 0.414 e. The van der Waals surface area contributed by atoms with Gasteiger partial charge in [-0.25, -0.2) is 27.3 Å². The molecule has 4 fully saturated rings. The van der Waals surface area contributed by atoms with Gasteiger partial charge in [0.15, 0.2) is 0 Å². The molecule has 1 aromatic carbocycles. The summed E-state index contributed by atoms with van der Waals surface area (Å²) < 4.78 is 28.6. The Labute approximate surface area is 211 Å². The average molecular weight is 521 g/mol. The number of imidazole rings is 1. The van der Waals surface area contributed by atoms with Gasteiger partial charge in [-0.05, 0) is 80.9 Å². The average Bonchev–Trinajstić information content (AvgIpc) is 3.14. The molecule has 6 rings (SSSR count). The highest BCUT2D eigenvalue weighted by Crippen LogP contribution is 2.55. The lowest BCUT2D eigenvalue weighted by Crippen LogP contribution is -2.58. The minimum absolute atomic E-state index is 0.295. The van der Waals surface area contributed by atoms with E-state index in [2.05, 4.69) is 16.8 Å². The first kappa shape index (κ1) is 26.6. The lowest BCUT2D eigenvalue weighted by Gasteiger charge is -2.57. The van der Waals surface area contributed by atoms with Crippen molar-refractivity contribution in [2.24, 2.45) is 17.8 Å². The summed E-state index contributed by atoms with van der Waals surface area (Å²) in [5, 5.41) is 18.7. The van der Waals surface area contributed by atoms with E-state index in [0.29, 0.717) is 10.4 Å². The van der Waals surface area contributed by atoms with Crippen molar-refractivity contribution in [3.8, 4) is 0 Å². The van der Waals surface area contributed by atoms with E-state index in [0.717, 1.165) is 54.1 Å². The van der Waals surface area contributed by atoms with Gasteiger partial charge < -0.3 is 20.1 Å². The van der Waals surface area contributed by atoms with Crippen LogP contribution >= 0.6 is 0 Å². The number of benzene rings is 1. The number of aliphatic carboxylic acids is 2. The molecule has 1 aromatic heterocycles. The summed E-state index contributed by atoms with van der Waals surface area (Å²) in [6.45, 7) is 3.83. The van der Waals surface area contributed by atoms with Crippen molar-refractivity contribution in [1.29, 1.82) is 0 Å². The SMILES string of the molecule is CCCn1c(CNC23CC4CC(CC(C4)C2)C3)nc2cc(S(=O)(=O)N(C)C)ccc21.O=C(O)C(=O)O. The number of carboxylic acid groups (broad SMARTS) is 2. The monoisotopic (exact) mass is 520 g/mol. The van der Waals surface area contributed by atoms with E-state index in [1.807, 2.05) is 6.07 Å². The van der Waals surface area contributed by atoms with Gasteiger partial charge >= 0.3 is 11.9 Å². The topological polar surface area (TPSA) is 142 Å². The van der Waals surface area contributed by atoms with Crippen molar-refractivity contribution in [3.05, 3.63) is 24.0 Å². The van der Waals surface area contributed by atoms with Crippen LogP contribution in [-0.2, 0) is 32.7 Å². The second kappa shape index (κ2) is 10.1. The highest BCUT2D eigenvalue weighted by Gasteiger charge is 2.50. The molecule has 0 aliphatic heterocycles. The number of aromatic nitrogens is 2. The second-order valence-corrected chi connectivity index (χ2v) is 12.9. The Kier molecular flexibility index (Phi) is 7.45. The zero-order valence-corrected chi connectivity index (χ0v) is 21.9. The number of carbonyl (C=O) groups is 2. The van der Waals surface area contributed by atoms with Crippen LogP contribution in [0.4, 0.5) is 0 Å². The third kappa shape index (κ3) is 5.28. The molecule has 4 saturated carbocycles. The summed E-state index contributed by atoms with van der Waals surface area (Å²) >= 11 is 0. The molecule has 0 unspecified atom stereocenters. The van der Waals surface area contributed by atoms with E-state index >= 15 is 0 Å². The predicted molar refractivity (Wildman–Crippen MR) is 134 cm³/mol. The van der Waals surface area contributed by atoms with E-state index in [-0.39, 0.29) is 0 Å². The van der Waals surface area contributed by atoms with Crippen molar-refractivity contribution in [1.82, 2.24) is 19.2 Å². The Balaban J connectivity index is 0.000000455. The molecule has 4 aliphatic carbocycles. The van der Waals surface area contributed by atoms with E-state index < -0.39 is 22.0 Å². The molecule has 1 heterocycles. The van der Waals surface area contributed by atoms with Crippen LogP contribution in [-0.4, -0.2) is 64.1 Å². The largest absolute Gasteiger partial charge is 0.473 e. The maximum atomic E-state index is 12.6. The van der Waals surface area contributed by atoms with E-state index in [9.17, 15) is 8.42 Å². The molecule has 4 aliphatic rings.